The van der Waals surface area contributed by atoms with Crippen molar-refractivity contribution in [3.05, 3.63) is 30.3 Å². The van der Waals surface area contributed by atoms with Gasteiger partial charge in [-0.05, 0) is 25.1 Å². The van der Waals surface area contributed by atoms with Crippen molar-refractivity contribution in [1.82, 2.24) is 5.32 Å². The van der Waals surface area contributed by atoms with E-state index in [9.17, 15) is 8.42 Å². The molecule has 0 spiro atoms. The second-order valence-corrected chi connectivity index (χ2v) is 7.07. The summed E-state index contributed by atoms with van der Waals surface area (Å²) in [4.78, 5) is 2.20. The number of benzene rings is 1. The first-order valence-corrected chi connectivity index (χ1v) is 8.54. The third-order valence-electron chi connectivity index (χ3n) is 3.07. The maximum absolute atomic E-state index is 11.3. The van der Waals surface area contributed by atoms with E-state index >= 15 is 0 Å². The molecule has 1 N–H and O–H groups in total. The van der Waals surface area contributed by atoms with E-state index in [-0.39, 0.29) is 11.5 Å². The maximum atomic E-state index is 11.3. The topological polar surface area (TPSA) is 49.4 Å². The van der Waals surface area contributed by atoms with Gasteiger partial charge in [0.05, 0.1) is 5.75 Å². The molecule has 0 unspecified atom stereocenters. The predicted octanol–water partition coefficient (Wildman–Crippen LogP) is 1.54. The van der Waals surface area contributed by atoms with E-state index in [4.69, 9.17) is 0 Å². The third-order valence-corrected chi connectivity index (χ3v) is 4.78. The van der Waals surface area contributed by atoms with Gasteiger partial charge in [-0.2, -0.15) is 0 Å². The molecule has 0 atom stereocenters. The van der Waals surface area contributed by atoms with Crippen LogP contribution < -0.4 is 10.2 Å². The quantitative estimate of drug-likeness (QED) is 0.699. The first kappa shape index (κ1) is 16.0. The van der Waals surface area contributed by atoms with Gasteiger partial charge >= 0.3 is 0 Å². The highest BCUT2D eigenvalue weighted by Crippen LogP contribution is 2.10. The predicted molar refractivity (Wildman–Crippen MR) is 81.5 cm³/mol. The number of hydrogen-bond acceptors (Lipinski definition) is 4. The molecule has 0 aliphatic rings. The van der Waals surface area contributed by atoms with E-state index in [1.54, 1.807) is 6.92 Å². The van der Waals surface area contributed by atoms with Crippen molar-refractivity contribution in [2.75, 3.05) is 43.1 Å². The SMILES string of the molecule is CCS(=O)(=O)CCNCCCN(C)c1ccccc1. The molecule has 19 heavy (non-hydrogen) atoms. The van der Waals surface area contributed by atoms with Crippen LogP contribution in [0.3, 0.4) is 0 Å². The molecule has 0 fully saturated rings. The van der Waals surface area contributed by atoms with Gasteiger partial charge in [0, 0.05) is 31.6 Å². The fourth-order valence-electron chi connectivity index (χ4n) is 1.75. The summed E-state index contributed by atoms with van der Waals surface area (Å²) in [6.07, 6.45) is 0.998. The summed E-state index contributed by atoms with van der Waals surface area (Å²) in [5.74, 6) is 0.462. The lowest BCUT2D eigenvalue weighted by molar-refractivity contribution is 0.590. The summed E-state index contributed by atoms with van der Waals surface area (Å²) < 4.78 is 22.6. The van der Waals surface area contributed by atoms with Crippen LogP contribution in [0.25, 0.3) is 0 Å². The van der Waals surface area contributed by atoms with Gasteiger partial charge in [0.15, 0.2) is 9.84 Å². The summed E-state index contributed by atoms with van der Waals surface area (Å²) in [7, 11) is -0.773. The number of nitrogens with zero attached hydrogens (tertiary/aromatic N) is 1. The van der Waals surface area contributed by atoms with Crippen LogP contribution >= 0.6 is 0 Å². The van der Waals surface area contributed by atoms with Crippen molar-refractivity contribution in [1.29, 1.82) is 0 Å². The molecule has 1 aromatic rings. The number of sulfone groups is 1. The van der Waals surface area contributed by atoms with Crippen LogP contribution in [0.1, 0.15) is 13.3 Å². The Bertz CT molecular complexity index is 446. The molecule has 1 rings (SSSR count). The van der Waals surface area contributed by atoms with Crippen LogP contribution in [0.5, 0.6) is 0 Å². The minimum Gasteiger partial charge on any atom is -0.375 e. The number of rotatable bonds is 9. The molecule has 108 valence electrons. The van der Waals surface area contributed by atoms with Gasteiger partial charge in [-0.3, -0.25) is 0 Å². The molecule has 0 aromatic heterocycles. The molecular formula is C14H24N2O2S. The molecular weight excluding hydrogens is 260 g/mol. The number of hydrogen-bond donors (Lipinski definition) is 1. The van der Waals surface area contributed by atoms with Crippen LogP contribution in [0, 0.1) is 0 Å². The van der Waals surface area contributed by atoms with E-state index in [0.717, 1.165) is 19.5 Å². The number of nitrogens with one attached hydrogen (secondary N) is 1. The molecule has 5 heteroatoms. The molecule has 4 nitrogen and oxygen atoms in total. The van der Waals surface area contributed by atoms with Crippen molar-refractivity contribution < 1.29 is 8.42 Å². The molecule has 0 bridgehead atoms. The Labute approximate surface area is 116 Å². The van der Waals surface area contributed by atoms with Crippen LogP contribution in [0.15, 0.2) is 30.3 Å². The van der Waals surface area contributed by atoms with Gasteiger partial charge < -0.3 is 10.2 Å². The Kier molecular flexibility index (Phi) is 6.87. The Balaban J connectivity index is 2.12. The highest BCUT2D eigenvalue weighted by Gasteiger charge is 2.05. The van der Waals surface area contributed by atoms with Gasteiger partial charge in [0.25, 0.3) is 0 Å². The molecule has 0 saturated carbocycles. The molecule has 0 amide bonds. The van der Waals surface area contributed by atoms with Crippen LogP contribution in [0.4, 0.5) is 5.69 Å². The van der Waals surface area contributed by atoms with Gasteiger partial charge in [-0.25, -0.2) is 8.42 Å². The van der Waals surface area contributed by atoms with Crippen molar-refractivity contribution in [2.24, 2.45) is 0 Å². The van der Waals surface area contributed by atoms with E-state index in [1.807, 2.05) is 18.2 Å². The molecule has 0 saturated heterocycles. The third kappa shape index (κ3) is 6.59. The van der Waals surface area contributed by atoms with Crippen molar-refractivity contribution in [3.63, 3.8) is 0 Å². The lowest BCUT2D eigenvalue weighted by atomic mass is 10.3. The average molecular weight is 284 g/mol. The van der Waals surface area contributed by atoms with Gasteiger partial charge in [-0.15, -0.1) is 0 Å². The first-order valence-electron chi connectivity index (χ1n) is 6.72. The Morgan fingerprint density at radius 2 is 1.84 bits per heavy atom. The highest BCUT2D eigenvalue weighted by atomic mass is 32.2. The van der Waals surface area contributed by atoms with Gasteiger partial charge in [-0.1, -0.05) is 25.1 Å². The summed E-state index contributed by atoms with van der Waals surface area (Å²) >= 11 is 0. The standard InChI is InChI=1S/C14H24N2O2S/c1-3-19(17,18)13-11-15-10-7-12-16(2)14-8-5-4-6-9-14/h4-6,8-9,15H,3,7,10-13H2,1-2H3. The molecule has 0 heterocycles. The van der Waals surface area contributed by atoms with Gasteiger partial charge in [0.1, 0.15) is 0 Å². The fourth-order valence-corrected chi connectivity index (χ4v) is 2.49. The molecule has 0 aliphatic heterocycles. The number of anilines is 1. The van der Waals surface area contributed by atoms with Gasteiger partial charge in [0.2, 0.25) is 0 Å². The zero-order valence-corrected chi connectivity index (χ0v) is 12.6. The van der Waals surface area contributed by atoms with E-state index in [2.05, 4.69) is 29.4 Å². The lowest BCUT2D eigenvalue weighted by Gasteiger charge is -2.19. The van der Waals surface area contributed by atoms with Crippen molar-refractivity contribution in [2.45, 2.75) is 13.3 Å². The van der Waals surface area contributed by atoms with Crippen LogP contribution in [0.2, 0.25) is 0 Å². The summed E-state index contributed by atoms with van der Waals surface area (Å²) in [6.45, 7) is 4.03. The fraction of sp³-hybridized carbons (Fsp3) is 0.571. The Hall–Kier alpha value is -1.07. The minimum absolute atomic E-state index is 0.228. The van der Waals surface area contributed by atoms with Crippen molar-refractivity contribution in [3.8, 4) is 0 Å². The van der Waals surface area contributed by atoms with Crippen LogP contribution in [-0.2, 0) is 9.84 Å². The van der Waals surface area contributed by atoms with E-state index in [1.165, 1.54) is 5.69 Å². The average Bonchev–Trinajstić information content (AvgIpc) is 2.43. The first-order chi connectivity index (χ1) is 9.05. The Morgan fingerprint density at radius 3 is 2.47 bits per heavy atom. The van der Waals surface area contributed by atoms with Crippen molar-refractivity contribution >= 4 is 15.5 Å². The molecule has 0 aliphatic carbocycles. The van der Waals surface area contributed by atoms with E-state index in [0.29, 0.717) is 6.54 Å². The smallest absolute Gasteiger partial charge is 0.151 e. The number of para-hydroxylation sites is 1. The minimum atomic E-state index is -2.84. The maximum Gasteiger partial charge on any atom is 0.151 e. The van der Waals surface area contributed by atoms with Crippen LogP contribution in [-0.4, -0.2) is 46.6 Å². The monoisotopic (exact) mass is 284 g/mol. The second kappa shape index (κ2) is 8.17. The summed E-state index contributed by atoms with van der Waals surface area (Å²) in [6, 6.07) is 10.2. The second-order valence-electron chi connectivity index (χ2n) is 4.60. The normalized spacial score (nSPS) is 11.5. The lowest BCUT2D eigenvalue weighted by Crippen LogP contribution is -2.27. The largest absolute Gasteiger partial charge is 0.375 e. The zero-order chi connectivity index (χ0) is 14.1. The molecule has 0 radical (unpaired) electrons. The Morgan fingerprint density at radius 1 is 1.16 bits per heavy atom. The summed E-state index contributed by atoms with van der Waals surface area (Å²) in [5.41, 5.74) is 1.20. The zero-order valence-electron chi connectivity index (χ0n) is 11.8. The van der Waals surface area contributed by atoms with E-state index < -0.39 is 9.84 Å². The summed E-state index contributed by atoms with van der Waals surface area (Å²) in [5, 5.41) is 3.18. The highest BCUT2D eigenvalue weighted by molar-refractivity contribution is 7.91. The molecule has 1 aromatic carbocycles.